The van der Waals surface area contributed by atoms with Gasteiger partial charge in [0.1, 0.15) is 0 Å². The molecular formula is C48H31NS. The fourth-order valence-electron chi connectivity index (χ4n) is 7.55. The molecule has 0 atom stereocenters. The second-order valence-electron chi connectivity index (χ2n) is 13.0. The topological polar surface area (TPSA) is 3.24 Å². The molecule has 0 spiro atoms. The van der Waals surface area contributed by atoms with Crippen molar-refractivity contribution >= 4 is 80.9 Å². The second-order valence-corrected chi connectivity index (χ2v) is 14.1. The van der Waals surface area contributed by atoms with Crippen LogP contribution >= 0.6 is 11.3 Å². The summed E-state index contributed by atoms with van der Waals surface area (Å²) in [7, 11) is 0. The molecule has 1 nitrogen and oxygen atoms in total. The Hall–Kier alpha value is -6.22. The van der Waals surface area contributed by atoms with E-state index in [2.05, 4.69) is 193 Å². The summed E-state index contributed by atoms with van der Waals surface area (Å²) in [6.07, 6.45) is 0. The van der Waals surface area contributed by atoms with Gasteiger partial charge in [0, 0.05) is 36.9 Å². The van der Waals surface area contributed by atoms with Crippen molar-refractivity contribution in [2.45, 2.75) is 0 Å². The molecule has 50 heavy (non-hydrogen) atoms. The number of hydrogen-bond acceptors (Lipinski definition) is 2. The van der Waals surface area contributed by atoms with Crippen molar-refractivity contribution in [3.63, 3.8) is 0 Å². The Bertz CT molecular complexity index is 2870. The lowest BCUT2D eigenvalue weighted by Gasteiger charge is -2.28. The second kappa shape index (κ2) is 11.7. The highest BCUT2D eigenvalue weighted by Crippen LogP contribution is 2.44. The standard InChI is InChI=1S/C48H31NS/c1-2-11-32(12-3-1)34-16-10-17-40(27-34)49(46-29-38-15-6-7-18-41(38)42-19-8-9-20-43(42)46)39-24-21-33(22-25-39)37-23-26-44-45-28-35-13-4-5-14-36(35)30-48(45)50-47(44)31-37/h1-31H. The number of benzene rings is 9. The highest BCUT2D eigenvalue weighted by molar-refractivity contribution is 7.25. The van der Waals surface area contributed by atoms with Crippen molar-refractivity contribution in [1.29, 1.82) is 0 Å². The minimum Gasteiger partial charge on any atom is -0.310 e. The largest absolute Gasteiger partial charge is 0.310 e. The summed E-state index contributed by atoms with van der Waals surface area (Å²) in [6.45, 7) is 0. The van der Waals surface area contributed by atoms with Gasteiger partial charge in [-0.1, -0.05) is 140 Å². The van der Waals surface area contributed by atoms with Crippen molar-refractivity contribution in [1.82, 2.24) is 0 Å². The number of nitrogens with zero attached hydrogens (tertiary/aromatic N) is 1. The van der Waals surface area contributed by atoms with Gasteiger partial charge < -0.3 is 4.90 Å². The van der Waals surface area contributed by atoms with Crippen LogP contribution in [0.4, 0.5) is 17.1 Å². The fraction of sp³-hybridized carbons (Fsp3) is 0. The van der Waals surface area contributed by atoms with Crippen LogP contribution in [-0.4, -0.2) is 0 Å². The van der Waals surface area contributed by atoms with E-state index in [0.29, 0.717) is 0 Å². The van der Waals surface area contributed by atoms with E-state index < -0.39 is 0 Å². The van der Waals surface area contributed by atoms with Crippen molar-refractivity contribution in [2.75, 3.05) is 4.90 Å². The van der Waals surface area contributed by atoms with Gasteiger partial charge in [-0.2, -0.15) is 0 Å². The smallest absolute Gasteiger partial charge is 0.0546 e. The summed E-state index contributed by atoms with van der Waals surface area (Å²) in [5, 5.41) is 10.2. The first-order valence-electron chi connectivity index (χ1n) is 17.1. The van der Waals surface area contributed by atoms with E-state index in [9.17, 15) is 0 Å². The molecule has 10 aromatic rings. The predicted octanol–water partition coefficient (Wildman–Crippen LogP) is 14.3. The third kappa shape index (κ3) is 4.84. The third-order valence-electron chi connectivity index (χ3n) is 10.00. The van der Waals surface area contributed by atoms with E-state index in [4.69, 9.17) is 0 Å². The van der Waals surface area contributed by atoms with Crippen molar-refractivity contribution < 1.29 is 0 Å². The van der Waals surface area contributed by atoms with Crippen LogP contribution in [0.15, 0.2) is 188 Å². The number of anilines is 3. The lowest BCUT2D eigenvalue weighted by atomic mass is 9.98. The molecular weight excluding hydrogens is 623 g/mol. The van der Waals surface area contributed by atoms with E-state index >= 15 is 0 Å². The Labute approximate surface area is 294 Å². The van der Waals surface area contributed by atoms with Crippen molar-refractivity contribution in [2.24, 2.45) is 0 Å². The third-order valence-corrected chi connectivity index (χ3v) is 11.1. The van der Waals surface area contributed by atoms with E-state index in [1.54, 1.807) is 0 Å². The minimum absolute atomic E-state index is 1.12. The molecule has 1 aromatic heterocycles. The summed E-state index contributed by atoms with van der Waals surface area (Å²) >= 11 is 1.88. The zero-order valence-corrected chi connectivity index (χ0v) is 28.1. The van der Waals surface area contributed by atoms with Crippen molar-refractivity contribution in [3.05, 3.63) is 188 Å². The maximum atomic E-state index is 2.42. The normalized spacial score (nSPS) is 11.6. The highest BCUT2D eigenvalue weighted by atomic mass is 32.1. The lowest BCUT2D eigenvalue weighted by Crippen LogP contribution is -2.10. The van der Waals surface area contributed by atoms with Gasteiger partial charge in [0.05, 0.1) is 5.69 Å². The number of hydrogen-bond donors (Lipinski definition) is 0. The van der Waals surface area contributed by atoms with Crippen molar-refractivity contribution in [3.8, 4) is 22.3 Å². The van der Waals surface area contributed by atoms with Crippen LogP contribution < -0.4 is 4.90 Å². The summed E-state index contributed by atoms with van der Waals surface area (Å²) < 4.78 is 2.65. The van der Waals surface area contributed by atoms with E-state index in [0.717, 1.165) is 17.1 Å². The number of rotatable bonds is 5. The summed E-state index contributed by atoms with van der Waals surface area (Å²) in [6, 6.07) is 68.7. The average Bonchev–Trinajstić information content (AvgIpc) is 3.54. The van der Waals surface area contributed by atoms with Crippen LogP contribution in [-0.2, 0) is 0 Å². The molecule has 0 fully saturated rings. The van der Waals surface area contributed by atoms with E-state index in [1.807, 2.05) is 11.3 Å². The SMILES string of the molecule is c1ccc(-c2cccc(N(c3ccc(-c4ccc5c(c4)sc4cc6ccccc6cc45)cc3)c3cc4ccccc4c4ccccc34)c2)cc1. The maximum absolute atomic E-state index is 2.42. The zero-order chi connectivity index (χ0) is 33.0. The van der Waals surface area contributed by atoms with Crippen LogP contribution in [0.25, 0.3) is 74.7 Å². The molecule has 2 heteroatoms. The molecule has 0 unspecified atom stereocenters. The summed E-state index contributed by atoms with van der Waals surface area (Å²) in [5.74, 6) is 0. The maximum Gasteiger partial charge on any atom is 0.0546 e. The molecule has 0 aliphatic heterocycles. The highest BCUT2D eigenvalue weighted by Gasteiger charge is 2.18. The van der Waals surface area contributed by atoms with Crippen LogP contribution in [0.1, 0.15) is 0 Å². The first kappa shape index (κ1) is 28.8. The van der Waals surface area contributed by atoms with Gasteiger partial charge in [-0.3, -0.25) is 0 Å². The molecule has 0 bridgehead atoms. The molecule has 0 amide bonds. The molecule has 0 N–H and O–H groups in total. The Morgan fingerprint density at radius 3 is 1.72 bits per heavy atom. The first-order valence-corrected chi connectivity index (χ1v) is 17.9. The molecule has 0 saturated heterocycles. The fourth-order valence-corrected chi connectivity index (χ4v) is 8.72. The molecule has 0 aliphatic carbocycles. The van der Waals surface area contributed by atoms with Gasteiger partial charge in [-0.15, -0.1) is 11.3 Å². The first-order chi connectivity index (χ1) is 24.8. The van der Waals surface area contributed by atoms with Gasteiger partial charge >= 0.3 is 0 Å². The quantitative estimate of drug-likeness (QED) is 0.167. The number of fused-ring (bicyclic) bond motifs is 7. The van der Waals surface area contributed by atoms with Gasteiger partial charge in [0.2, 0.25) is 0 Å². The van der Waals surface area contributed by atoms with Crippen LogP contribution in [0.2, 0.25) is 0 Å². The van der Waals surface area contributed by atoms with E-state index in [1.165, 1.54) is 74.7 Å². The molecule has 0 aliphatic rings. The average molecular weight is 654 g/mol. The number of thiophene rings is 1. The Morgan fingerprint density at radius 2 is 0.900 bits per heavy atom. The van der Waals surface area contributed by atoms with E-state index in [-0.39, 0.29) is 0 Å². The van der Waals surface area contributed by atoms with Crippen LogP contribution in [0, 0.1) is 0 Å². The van der Waals surface area contributed by atoms with Gasteiger partial charge in [0.25, 0.3) is 0 Å². The zero-order valence-electron chi connectivity index (χ0n) is 27.3. The molecule has 9 aromatic carbocycles. The Kier molecular flexibility index (Phi) is 6.75. The van der Waals surface area contributed by atoms with Gasteiger partial charge in [0.15, 0.2) is 0 Å². The Morgan fingerprint density at radius 1 is 0.300 bits per heavy atom. The van der Waals surface area contributed by atoms with Crippen LogP contribution in [0.5, 0.6) is 0 Å². The summed E-state index contributed by atoms with van der Waals surface area (Å²) in [4.78, 5) is 2.42. The predicted molar refractivity (Wildman–Crippen MR) is 217 cm³/mol. The minimum atomic E-state index is 1.12. The molecule has 1 heterocycles. The monoisotopic (exact) mass is 653 g/mol. The lowest BCUT2D eigenvalue weighted by molar-refractivity contribution is 1.30. The van der Waals surface area contributed by atoms with Gasteiger partial charge in [-0.05, 0) is 97.7 Å². The summed E-state index contributed by atoms with van der Waals surface area (Å²) in [5.41, 5.74) is 8.25. The molecule has 0 saturated carbocycles. The van der Waals surface area contributed by atoms with Gasteiger partial charge in [-0.25, -0.2) is 0 Å². The molecule has 234 valence electrons. The Balaban J connectivity index is 1.12. The molecule has 10 rings (SSSR count). The van der Waals surface area contributed by atoms with Crippen LogP contribution in [0.3, 0.4) is 0 Å². The molecule has 0 radical (unpaired) electrons.